The molecular weight excluding hydrogens is 614 g/mol. The second-order valence-corrected chi connectivity index (χ2v) is 12.3. The van der Waals surface area contributed by atoms with Crippen LogP contribution in [0.3, 0.4) is 0 Å². The first-order chi connectivity index (χ1) is 21.9. The number of carbonyl (C=O) groups is 7. The Balaban J connectivity index is 2.91. The summed E-state index contributed by atoms with van der Waals surface area (Å²) >= 11 is 0. The van der Waals surface area contributed by atoms with E-state index in [9.17, 15) is 43.8 Å². The van der Waals surface area contributed by atoms with Gasteiger partial charge >= 0.3 is 5.97 Å². The first-order valence-corrected chi connectivity index (χ1v) is 15.4. The van der Waals surface area contributed by atoms with Gasteiger partial charge in [-0.25, -0.2) is 4.79 Å². The Kier molecular flexibility index (Phi) is 16.9. The zero-order valence-electron chi connectivity index (χ0n) is 27.5. The van der Waals surface area contributed by atoms with Crippen LogP contribution in [0.2, 0.25) is 0 Å². The SMILES string of the molecule is CC(C)C[C@H](NC(=O)[C@H](C)NC(=O)[C@H](CCC(N)=O)NC(=O)CNC(=O)[C@@H](N)CC(C)C)C(=O)N[C@@H](Cc1ccc(O)cc1)C(=O)O. The van der Waals surface area contributed by atoms with Crippen molar-refractivity contribution in [2.45, 2.75) is 96.9 Å². The number of benzene rings is 1. The van der Waals surface area contributed by atoms with Crippen molar-refractivity contribution >= 4 is 41.4 Å². The number of hydrogen-bond acceptors (Lipinski definition) is 9. The minimum Gasteiger partial charge on any atom is -0.508 e. The smallest absolute Gasteiger partial charge is 0.326 e. The molecule has 47 heavy (non-hydrogen) atoms. The van der Waals surface area contributed by atoms with Crippen LogP contribution in [0.25, 0.3) is 0 Å². The molecule has 0 saturated heterocycles. The third kappa shape index (κ3) is 15.9. The standard InChI is InChI=1S/C31H49N7O9/c1-16(2)12-21(32)28(43)34-15-26(41)36-22(10-11-25(33)40)29(44)35-18(5)27(42)37-23(13-17(3)4)30(45)38-24(31(46)47)14-19-6-8-20(39)9-7-19/h6-9,16-18,21-24,39H,10-15,32H2,1-5H3,(H2,33,40)(H,34,43)(H,35,44)(H,36,41)(H,37,42)(H,38,45)(H,46,47)/t18-,21-,22-,23-,24-/m0/s1. The Morgan fingerprint density at radius 1 is 0.723 bits per heavy atom. The van der Waals surface area contributed by atoms with Crippen molar-refractivity contribution in [3.8, 4) is 5.75 Å². The van der Waals surface area contributed by atoms with Crippen LogP contribution in [0.1, 0.15) is 65.9 Å². The van der Waals surface area contributed by atoms with Gasteiger partial charge in [-0.1, -0.05) is 39.8 Å². The van der Waals surface area contributed by atoms with E-state index in [1.165, 1.54) is 31.2 Å². The number of aliphatic carboxylic acids is 1. The predicted octanol–water partition coefficient (Wildman–Crippen LogP) is -1.22. The molecule has 16 nitrogen and oxygen atoms in total. The minimum atomic E-state index is -1.33. The van der Waals surface area contributed by atoms with Gasteiger partial charge in [0.1, 0.15) is 29.9 Å². The number of rotatable bonds is 20. The van der Waals surface area contributed by atoms with Crippen molar-refractivity contribution in [3.05, 3.63) is 29.8 Å². The Morgan fingerprint density at radius 2 is 1.28 bits per heavy atom. The van der Waals surface area contributed by atoms with Crippen molar-refractivity contribution in [2.75, 3.05) is 6.54 Å². The summed E-state index contributed by atoms with van der Waals surface area (Å²) < 4.78 is 0. The molecule has 6 amide bonds. The molecule has 11 N–H and O–H groups in total. The Labute approximate surface area is 274 Å². The fourth-order valence-corrected chi connectivity index (χ4v) is 4.43. The fourth-order valence-electron chi connectivity index (χ4n) is 4.43. The lowest BCUT2D eigenvalue weighted by atomic mass is 10.0. The zero-order chi connectivity index (χ0) is 35.8. The van der Waals surface area contributed by atoms with Crippen molar-refractivity contribution in [1.29, 1.82) is 0 Å². The van der Waals surface area contributed by atoms with Crippen molar-refractivity contribution in [2.24, 2.45) is 23.3 Å². The number of aromatic hydroxyl groups is 1. The number of primary amides is 1. The Morgan fingerprint density at radius 3 is 1.81 bits per heavy atom. The molecule has 0 bridgehead atoms. The summed E-state index contributed by atoms with van der Waals surface area (Å²) in [6.45, 7) is 8.23. The first kappa shape index (κ1) is 40.3. The van der Waals surface area contributed by atoms with E-state index in [0.29, 0.717) is 12.0 Å². The van der Waals surface area contributed by atoms with E-state index >= 15 is 0 Å². The van der Waals surface area contributed by atoms with Crippen molar-refractivity contribution in [3.63, 3.8) is 0 Å². The number of amides is 6. The van der Waals surface area contributed by atoms with Crippen LogP contribution < -0.4 is 38.1 Å². The molecule has 0 unspecified atom stereocenters. The monoisotopic (exact) mass is 663 g/mol. The number of carboxylic acid groups (broad SMARTS) is 1. The predicted molar refractivity (Wildman–Crippen MR) is 171 cm³/mol. The van der Waals surface area contributed by atoms with Gasteiger partial charge in [0.2, 0.25) is 35.4 Å². The molecule has 1 rings (SSSR count). The molecule has 0 radical (unpaired) electrons. The molecule has 5 atom stereocenters. The van der Waals surface area contributed by atoms with Gasteiger partial charge in [-0.2, -0.15) is 0 Å². The molecule has 1 aromatic carbocycles. The molecule has 0 heterocycles. The molecule has 0 fully saturated rings. The zero-order valence-corrected chi connectivity index (χ0v) is 27.5. The maximum atomic E-state index is 13.2. The summed E-state index contributed by atoms with van der Waals surface area (Å²) in [7, 11) is 0. The number of phenolic OH excluding ortho intramolecular Hbond substituents is 1. The summed E-state index contributed by atoms with van der Waals surface area (Å²) in [6, 6.07) is -0.00850. The van der Waals surface area contributed by atoms with Gasteiger partial charge in [-0.15, -0.1) is 0 Å². The van der Waals surface area contributed by atoms with E-state index in [1.807, 2.05) is 13.8 Å². The van der Waals surface area contributed by atoms with Crippen molar-refractivity contribution < 1.29 is 43.8 Å². The summed E-state index contributed by atoms with van der Waals surface area (Å²) in [5, 5.41) is 31.4. The third-order valence-corrected chi connectivity index (χ3v) is 6.90. The lowest BCUT2D eigenvalue weighted by Crippen LogP contribution is -2.57. The van der Waals surface area contributed by atoms with Crippen LogP contribution in [-0.4, -0.2) is 88.4 Å². The van der Waals surface area contributed by atoms with Gasteiger partial charge in [0.05, 0.1) is 12.6 Å². The largest absolute Gasteiger partial charge is 0.508 e. The van der Waals surface area contributed by atoms with Gasteiger partial charge in [0, 0.05) is 12.8 Å². The molecule has 1 aromatic rings. The van der Waals surface area contributed by atoms with E-state index in [4.69, 9.17) is 11.5 Å². The molecule has 0 spiro atoms. The van der Waals surface area contributed by atoms with Crippen LogP contribution in [0.15, 0.2) is 24.3 Å². The van der Waals surface area contributed by atoms with Gasteiger partial charge in [-0.05, 0) is 55.7 Å². The molecular formula is C31H49N7O9. The van der Waals surface area contributed by atoms with Gasteiger partial charge in [0.25, 0.3) is 0 Å². The van der Waals surface area contributed by atoms with Crippen LogP contribution >= 0.6 is 0 Å². The molecule has 16 heteroatoms. The number of phenols is 1. The van der Waals surface area contributed by atoms with Gasteiger partial charge in [0.15, 0.2) is 0 Å². The summed E-state index contributed by atoms with van der Waals surface area (Å²) in [4.78, 5) is 87.3. The average molecular weight is 664 g/mol. The third-order valence-electron chi connectivity index (χ3n) is 6.90. The highest BCUT2D eigenvalue weighted by molar-refractivity contribution is 5.95. The lowest BCUT2D eigenvalue weighted by Gasteiger charge is -2.25. The number of nitrogens with one attached hydrogen (secondary N) is 5. The van der Waals surface area contributed by atoms with Crippen LogP contribution in [0.4, 0.5) is 0 Å². The quantitative estimate of drug-likeness (QED) is 0.0802. The molecule has 0 aliphatic rings. The van der Waals surface area contributed by atoms with E-state index in [-0.39, 0.29) is 43.3 Å². The van der Waals surface area contributed by atoms with Crippen molar-refractivity contribution in [1.82, 2.24) is 26.6 Å². The van der Waals surface area contributed by atoms with Gasteiger partial charge < -0.3 is 48.3 Å². The summed E-state index contributed by atoms with van der Waals surface area (Å²) in [6.07, 6.45) is 0.00143. The van der Waals surface area contributed by atoms with E-state index in [1.54, 1.807) is 13.8 Å². The molecule has 0 saturated carbocycles. The normalized spacial score (nSPS) is 14.2. The minimum absolute atomic E-state index is 0.00151. The summed E-state index contributed by atoms with van der Waals surface area (Å²) in [5.74, 6) is -5.61. The molecule has 0 aliphatic heterocycles. The van der Waals surface area contributed by atoms with Crippen LogP contribution in [0.5, 0.6) is 5.75 Å². The Hall–Kier alpha value is -4.73. The maximum absolute atomic E-state index is 13.2. The fraction of sp³-hybridized carbons (Fsp3) is 0.581. The van der Waals surface area contributed by atoms with Crippen LogP contribution in [0, 0.1) is 11.8 Å². The summed E-state index contributed by atoms with van der Waals surface area (Å²) in [5.41, 5.74) is 11.6. The highest BCUT2D eigenvalue weighted by atomic mass is 16.4. The highest BCUT2D eigenvalue weighted by Gasteiger charge is 2.30. The van der Waals surface area contributed by atoms with Crippen LogP contribution in [-0.2, 0) is 40.0 Å². The number of carbonyl (C=O) groups excluding carboxylic acids is 6. The number of nitrogens with two attached hydrogens (primary N) is 2. The number of hydrogen-bond donors (Lipinski definition) is 9. The average Bonchev–Trinajstić information content (AvgIpc) is 2.97. The van der Waals surface area contributed by atoms with E-state index < -0.39 is 78.2 Å². The Bertz CT molecular complexity index is 1250. The second kappa shape index (κ2) is 19.7. The topological polar surface area (TPSA) is 272 Å². The maximum Gasteiger partial charge on any atom is 0.326 e. The first-order valence-electron chi connectivity index (χ1n) is 15.4. The van der Waals surface area contributed by atoms with E-state index in [0.717, 1.165) is 0 Å². The molecule has 0 aliphatic carbocycles. The highest BCUT2D eigenvalue weighted by Crippen LogP contribution is 2.12. The van der Waals surface area contributed by atoms with Gasteiger partial charge in [-0.3, -0.25) is 28.8 Å². The molecule has 0 aromatic heterocycles. The lowest BCUT2D eigenvalue weighted by molar-refractivity contribution is -0.142. The number of carboxylic acids is 1. The molecule has 262 valence electrons. The second-order valence-electron chi connectivity index (χ2n) is 12.3. The van der Waals surface area contributed by atoms with E-state index in [2.05, 4.69) is 26.6 Å².